The number of carbonyl (C=O) groups excluding carboxylic acids is 1. The van der Waals surface area contributed by atoms with E-state index in [9.17, 15) is 4.79 Å². The molecule has 0 saturated carbocycles. The predicted molar refractivity (Wildman–Crippen MR) is 87.2 cm³/mol. The maximum atomic E-state index is 12.2. The van der Waals surface area contributed by atoms with Crippen LogP contribution in [0.1, 0.15) is 25.5 Å². The van der Waals surface area contributed by atoms with E-state index in [-0.39, 0.29) is 12.0 Å². The van der Waals surface area contributed by atoms with Crippen molar-refractivity contribution in [3.8, 4) is 0 Å². The monoisotopic (exact) mass is 354 g/mol. The van der Waals surface area contributed by atoms with Gasteiger partial charge in [-0.1, -0.05) is 28.1 Å². The highest BCUT2D eigenvalue weighted by Gasteiger charge is 2.24. The van der Waals surface area contributed by atoms with Gasteiger partial charge in [-0.05, 0) is 31.5 Å². The largest absolute Gasteiger partial charge is 0.371 e. The zero-order valence-electron chi connectivity index (χ0n) is 12.7. The molecule has 1 unspecified atom stereocenters. The Morgan fingerprint density at radius 2 is 2.00 bits per heavy atom. The first-order valence-electron chi connectivity index (χ1n) is 7.51. The normalized spacial score (nSPS) is 19.5. The zero-order valence-corrected chi connectivity index (χ0v) is 14.3. The lowest BCUT2D eigenvalue weighted by Gasteiger charge is -2.33. The molecule has 5 heteroatoms. The summed E-state index contributed by atoms with van der Waals surface area (Å²) in [6.45, 7) is 8.33. The first-order valence-corrected chi connectivity index (χ1v) is 8.30. The molecule has 1 aromatic carbocycles. The number of hydrogen-bond donors (Lipinski definition) is 0. The molecular formula is C16H23BrN2O2. The maximum absolute atomic E-state index is 12.2. The van der Waals surface area contributed by atoms with Crippen molar-refractivity contribution in [1.82, 2.24) is 9.80 Å². The minimum absolute atomic E-state index is 0.0522. The van der Waals surface area contributed by atoms with Gasteiger partial charge in [-0.2, -0.15) is 0 Å². The lowest BCUT2D eigenvalue weighted by Crippen LogP contribution is -2.45. The number of amides is 1. The summed E-state index contributed by atoms with van der Waals surface area (Å²) in [5, 5.41) is 0. The Balaban J connectivity index is 1.94. The molecule has 0 aliphatic carbocycles. The number of nitrogens with zero attached hydrogens (tertiary/aromatic N) is 2. The number of rotatable bonds is 5. The molecule has 21 heavy (non-hydrogen) atoms. The van der Waals surface area contributed by atoms with Gasteiger partial charge in [0.1, 0.15) is 0 Å². The van der Waals surface area contributed by atoms with Crippen molar-refractivity contribution in [2.24, 2.45) is 0 Å². The van der Waals surface area contributed by atoms with Crippen LogP contribution in [0.5, 0.6) is 0 Å². The molecule has 1 aromatic rings. The van der Waals surface area contributed by atoms with Crippen molar-refractivity contribution in [2.75, 3.05) is 39.3 Å². The molecule has 0 aromatic heterocycles. The van der Waals surface area contributed by atoms with Crippen LogP contribution >= 0.6 is 15.9 Å². The second-order valence-electron chi connectivity index (χ2n) is 5.21. The first kappa shape index (κ1) is 16.5. The number of hydrogen-bond acceptors (Lipinski definition) is 3. The van der Waals surface area contributed by atoms with Gasteiger partial charge < -0.3 is 9.64 Å². The van der Waals surface area contributed by atoms with Crippen molar-refractivity contribution in [1.29, 1.82) is 0 Å². The third kappa shape index (κ3) is 4.53. The molecule has 0 bridgehead atoms. The van der Waals surface area contributed by atoms with Crippen LogP contribution in [-0.2, 0) is 9.53 Å². The van der Waals surface area contributed by atoms with Gasteiger partial charge in [-0.15, -0.1) is 0 Å². The molecule has 4 nitrogen and oxygen atoms in total. The maximum Gasteiger partial charge on any atom is 0.236 e. The minimum Gasteiger partial charge on any atom is -0.371 e. The molecule has 0 N–H and O–H groups in total. The third-order valence-corrected chi connectivity index (χ3v) is 4.40. The molecule has 1 aliphatic heterocycles. The third-order valence-electron chi connectivity index (χ3n) is 3.87. The van der Waals surface area contributed by atoms with Gasteiger partial charge >= 0.3 is 0 Å². The first-order chi connectivity index (χ1) is 10.1. The van der Waals surface area contributed by atoms with Crippen LogP contribution in [0.15, 0.2) is 28.7 Å². The van der Waals surface area contributed by atoms with Crippen molar-refractivity contribution < 1.29 is 9.53 Å². The Hall–Kier alpha value is -0.910. The molecule has 116 valence electrons. The van der Waals surface area contributed by atoms with Crippen LogP contribution in [0.3, 0.4) is 0 Å². The summed E-state index contributed by atoms with van der Waals surface area (Å²) in [7, 11) is 0. The Labute approximate surface area is 135 Å². The van der Waals surface area contributed by atoms with Gasteiger partial charge in [-0.3, -0.25) is 9.69 Å². The lowest BCUT2D eigenvalue weighted by atomic mass is 10.1. The molecule has 1 amide bonds. The van der Waals surface area contributed by atoms with Crippen molar-refractivity contribution >= 4 is 21.8 Å². The standard InChI is InChI=1S/C16H23BrN2O2/c1-3-19(4-2)16(20)12-18-9-10-21-15(11-18)13-5-7-14(17)8-6-13/h5-8,15H,3-4,9-12H2,1-2H3. The van der Waals surface area contributed by atoms with Gasteiger partial charge in [0, 0.05) is 30.7 Å². The molecule has 1 fully saturated rings. The van der Waals surface area contributed by atoms with Crippen LogP contribution in [-0.4, -0.2) is 55.0 Å². The molecule has 1 saturated heterocycles. The molecule has 0 spiro atoms. The van der Waals surface area contributed by atoms with Gasteiger partial charge in [0.15, 0.2) is 0 Å². The van der Waals surface area contributed by atoms with Crippen molar-refractivity contribution in [3.05, 3.63) is 34.3 Å². The number of halogens is 1. The molecule has 2 rings (SSSR count). The van der Waals surface area contributed by atoms with E-state index in [0.717, 1.165) is 36.2 Å². The quantitative estimate of drug-likeness (QED) is 0.814. The fraction of sp³-hybridized carbons (Fsp3) is 0.562. The van der Waals surface area contributed by atoms with Crippen LogP contribution < -0.4 is 0 Å². The van der Waals surface area contributed by atoms with E-state index in [4.69, 9.17) is 4.74 Å². The zero-order chi connectivity index (χ0) is 15.2. The summed E-state index contributed by atoms with van der Waals surface area (Å²) in [6.07, 6.45) is 0.0522. The van der Waals surface area contributed by atoms with Crippen LogP contribution in [0.25, 0.3) is 0 Å². The summed E-state index contributed by atoms with van der Waals surface area (Å²) >= 11 is 3.44. The van der Waals surface area contributed by atoms with Gasteiger partial charge in [0.25, 0.3) is 0 Å². The number of likely N-dealkylation sites (N-methyl/N-ethyl adjacent to an activating group) is 1. The Morgan fingerprint density at radius 1 is 1.33 bits per heavy atom. The summed E-state index contributed by atoms with van der Waals surface area (Å²) in [6, 6.07) is 8.20. The van der Waals surface area contributed by atoms with E-state index in [1.165, 1.54) is 0 Å². The van der Waals surface area contributed by atoms with E-state index in [1.807, 2.05) is 30.9 Å². The summed E-state index contributed by atoms with van der Waals surface area (Å²) in [4.78, 5) is 16.3. The van der Waals surface area contributed by atoms with Gasteiger partial charge in [0.2, 0.25) is 5.91 Å². The predicted octanol–water partition coefficient (Wildman–Crippen LogP) is 2.69. The van der Waals surface area contributed by atoms with E-state index < -0.39 is 0 Å². The smallest absolute Gasteiger partial charge is 0.236 e. The molecule has 1 atom stereocenters. The second-order valence-corrected chi connectivity index (χ2v) is 6.13. The number of carbonyl (C=O) groups is 1. The van der Waals surface area contributed by atoms with Crippen LogP contribution in [0.2, 0.25) is 0 Å². The lowest BCUT2D eigenvalue weighted by molar-refractivity contribution is -0.134. The van der Waals surface area contributed by atoms with E-state index in [0.29, 0.717) is 13.2 Å². The molecule has 1 aliphatic rings. The van der Waals surface area contributed by atoms with Crippen LogP contribution in [0.4, 0.5) is 0 Å². The van der Waals surface area contributed by atoms with Crippen molar-refractivity contribution in [2.45, 2.75) is 20.0 Å². The SMILES string of the molecule is CCN(CC)C(=O)CN1CCOC(c2ccc(Br)cc2)C1. The average Bonchev–Trinajstić information content (AvgIpc) is 2.49. The highest BCUT2D eigenvalue weighted by atomic mass is 79.9. The number of ether oxygens (including phenoxy) is 1. The fourth-order valence-corrected chi connectivity index (χ4v) is 2.86. The molecule has 1 heterocycles. The number of morpholine rings is 1. The average molecular weight is 355 g/mol. The Kier molecular flexibility index (Phi) is 6.21. The van der Waals surface area contributed by atoms with Gasteiger partial charge in [-0.25, -0.2) is 0 Å². The molecular weight excluding hydrogens is 332 g/mol. The summed E-state index contributed by atoms with van der Waals surface area (Å²) in [5.41, 5.74) is 1.16. The van der Waals surface area contributed by atoms with E-state index in [1.54, 1.807) is 0 Å². The van der Waals surface area contributed by atoms with E-state index in [2.05, 4.69) is 33.0 Å². The Bertz CT molecular complexity index is 460. The summed E-state index contributed by atoms with van der Waals surface area (Å²) in [5.74, 6) is 0.205. The van der Waals surface area contributed by atoms with E-state index >= 15 is 0 Å². The molecule has 0 radical (unpaired) electrons. The highest BCUT2D eigenvalue weighted by molar-refractivity contribution is 9.10. The highest BCUT2D eigenvalue weighted by Crippen LogP contribution is 2.23. The second kappa shape index (κ2) is 7.92. The van der Waals surface area contributed by atoms with Gasteiger partial charge in [0.05, 0.1) is 19.3 Å². The minimum atomic E-state index is 0.0522. The topological polar surface area (TPSA) is 32.8 Å². The fourth-order valence-electron chi connectivity index (χ4n) is 2.59. The summed E-state index contributed by atoms with van der Waals surface area (Å²) < 4.78 is 6.91. The number of benzene rings is 1. The van der Waals surface area contributed by atoms with Crippen LogP contribution in [0, 0.1) is 0 Å². The Morgan fingerprint density at radius 3 is 2.62 bits per heavy atom. The van der Waals surface area contributed by atoms with Crippen molar-refractivity contribution in [3.63, 3.8) is 0 Å².